The van der Waals surface area contributed by atoms with E-state index in [0.29, 0.717) is 15.3 Å². The first kappa shape index (κ1) is 12.2. The molecule has 0 aliphatic heterocycles. The molecule has 0 saturated carbocycles. The summed E-state index contributed by atoms with van der Waals surface area (Å²) in [6.07, 6.45) is 0. The molecule has 0 aliphatic carbocycles. The molecule has 6 nitrogen and oxygen atoms in total. The SMILES string of the molecule is Cc1ccc2c(c1)[n+]([O-])nc(Nc1ccccc1)[n+]2[O-]. The predicted octanol–water partition coefficient (Wildman–Crippen LogP) is 1.55. The van der Waals surface area contributed by atoms with Gasteiger partial charge in [-0.25, -0.2) is 10.0 Å². The normalized spacial score (nSPS) is 10.7. The van der Waals surface area contributed by atoms with Gasteiger partial charge in [-0.1, -0.05) is 24.3 Å². The predicted molar refractivity (Wildman–Crippen MR) is 74.1 cm³/mol. The molecular formula is C14H12N4O2. The molecule has 20 heavy (non-hydrogen) atoms. The van der Waals surface area contributed by atoms with E-state index in [1.54, 1.807) is 30.3 Å². The summed E-state index contributed by atoms with van der Waals surface area (Å²) in [5, 5.41) is 30.7. The molecule has 2 aromatic carbocycles. The molecule has 0 unspecified atom stereocenters. The highest BCUT2D eigenvalue weighted by atomic mass is 16.5. The average Bonchev–Trinajstić information content (AvgIpc) is 2.45. The summed E-state index contributed by atoms with van der Waals surface area (Å²) in [5.74, 6) is -0.0532. The number of rotatable bonds is 2. The van der Waals surface area contributed by atoms with Crippen LogP contribution in [-0.2, 0) is 0 Å². The molecule has 0 bridgehead atoms. The van der Waals surface area contributed by atoms with Crippen LogP contribution in [0.1, 0.15) is 5.56 Å². The van der Waals surface area contributed by atoms with Gasteiger partial charge < -0.3 is 10.4 Å². The quantitative estimate of drug-likeness (QED) is 0.565. The number of hydrogen-bond donors (Lipinski definition) is 1. The Kier molecular flexibility index (Phi) is 2.83. The minimum absolute atomic E-state index is 0.0532. The average molecular weight is 268 g/mol. The van der Waals surface area contributed by atoms with Crippen molar-refractivity contribution in [3.63, 3.8) is 0 Å². The van der Waals surface area contributed by atoms with Crippen molar-refractivity contribution in [2.45, 2.75) is 6.92 Å². The minimum atomic E-state index is -0.0532. The van der Waals surface area contributed by atoms with Gasteiger partial charge in [0.2, 0.25) is 5.10 Å². The Morgan fingerprint density at radius 1 is 1.00 bits per heavy atom. The molecule has 0 saturated heterocycles. The molecule has 3 aromatic rings. The van der Waals surface area contributed by atoms with Crippen molar-refractivity contribution in [2.75, 3.05) is 5.32 Å². The maximum Gasteiger partial charge on any atom is 0.465 e. The molecule has 0 atom stereocenters. The third kappa shape index (κ3) is 2.07. The van der Waals surface area contributed by atoms with E-state index in [4.69, 9.17) is 0 Å². The minimum Gasteiger partial charge on any atom is -0.739 e. The highest BCUT2D eigenvalue weighted by Gasteiger charge is 2.20. The van der Waals surface area contributed by atoms with E-state index >= 15 is 0 Å². The number of aryl methyl sites for hydroxylation is 1. The van der Waals surface area contributed by atoms with E-state index in [1.165, 1.54) is 0 Å². The first-order chi connectivity index (χ1) is 9.65. The summed E-state index contributed by atoms with van der Waals surface area (Å²) in [4.78, 5) is 0.460. The molecule has 0 fully saturated rings. The lowest BCUT2D eigenvalue weighted by Gasteiger charge is -2.10. The Labute approximate surface area is 115 Å². The van der Waals surface area contributed by atoms with Crippen LogP contribution in [0.3, 0.4) is 0 Å². The molecule has 1 heterocycles. The molecule has 0 amide bonds. The topological polar surface area (TPSA) is 78.8 Å². The molecule has 1 aromatic heterocycles. The smallest absolute Gasteiger partial charge is 0.465 e. The molecule has 6 heteroatoms. The molecule has 1 N–H and O–H groups in total. The van der Waals surface area contributed by atoms with Crippen LogP contribution in [0.2, 0.25) is 0 Å². The van der Waals surface area contributed by atoms with Crippen LogP contribution in [0.5, 0.6) is 0 Å². The monoisotopic (exact) mass is 268 g/mol. The maximum atomic E-state index is 12.2. The molecule has 100 valence electrons. The zero-order chi connectivity index (χ0) is 14.1. The van der Waals surface area contributed by atoms with Crippen molar-refractivity contribution in [1.29, 1.82) is 0 Å². The molecule has 0 spiro atoms. The van der Waals surface area contributed by atoms with Crippen molar-refractivity contribution >= 4 is 22.7 Å². The second-order valence-corrected chi connectivity index (χ2v) is 4.47. The van der Waals surface area contributed by atoms with Crippen molar-refractivity contribution in [3.05, 3.63) is 64.5 Å². The Bertz CT molecular complexity index is 775. The number of aromatic nitrogens is 3. The van der Waals surface area contributed by atoms with Crippen LogP contribution in [0.25, 0.3) is 11.0 Å². The third-order valence-electron chi connectivity index (χ3n) is 2.96. The summed E-state index contributed by atoms with van der Waals surface area (Å²) in [6.45, 7) is 1.85. The van der Waals surface area contributed by atoms with Crippen molar-refractivity contribution < 1.29 is 9.58 Å². The van der Waals surface area contributed by atoms with Gasteiger partial charge in [-0.15, -0.1) is 0 Å². The van der Waals surface area contributed by atoms with Gasteiger partial charge in [0.15, 0.2) is 5.52 Å². The summed E-state index contributed by atoms with van der Waals surface area (Å²) >= 11 is 0. The van der Waals surface area contributed by atoms with Crippen molar-refractivity contribution in [3.8, 4) is 0 Å². The lowest BCUT2D eigenvalue weighted by Crippen LogP contribution is -2.43. The third-order valence-corrected chi connectivity index (χ3v) is 2.96. The summed E-state index contributed by atoms with van der Waals surface area (Å²) in [5.41, 5.74) is 2.11. The van der Waals surface area contributed by atoms with Crippen LogP contribution in [0.15, 0.2) is 48.5 Å². The van der Waals surface area contributed by atoms with E-state index < -0.39 is 0 Å². The number of nitrogens with one attached hydrogen (secondary N) is 1. The van der Waals surface area contributed by atoms with Gasteiger partial charge >= 0.3 is 5.95 Å². The van der Waals surface area contributed by atoms with Crippen LogP contribution in [0.4, 0.5) is 11.6 Å². The van der Waals surface area contributed by atoms with E-state index in [0.717, 1.165) is 5.56 Å². The fraction of sp³-hybridized carbons (Fsp3) is 0.0714. The fourth-order valence-corrected chi connectivity index (χ4v) is 1.98. The first-order valence-electron chi connectivity index (χ1n) is 6.11. The number of anilines is 2. The van der Waals surface area contributed by atoms with E-state index in [2.05, 4.69) is 10.4 Å². The second-order valence-electron chi connectivity index (χ2n) is 4.47. The lowest BCUT2D eigenvalue weighted by atomic mass is 10.2. The van der Waals surface area contributed by atoms with Crippen LogP contribution in [-0.4, -0.2) is 5.10 Å². The molecule has 0 radical (unpaired) electrons. The second kappa shape index (κ2) is 4.65. The standard InChI is InChI=1S/C14H12N4O2/c1-10-7-8-12-13(9-10)18(20)16-14(17(12)19)15-11-5-3-2-4-6-11/h2-9H,1H3,(H,15,16). The Morgan fingerprint density at radius 3 is 2.50 bits per heavy atom. The van der Waals surface area contributed by atoms with Gasteiger partial charge in [-0.3, -0.25) is 0 Å². The van der Waals surface area contributed by atoms with Crippen LogP contribution >= 0.6 is 0 Å². The number of nitrogens with zero attached hydrogens (tertiary/aromatic N) is 3. The van der Waals surface area contributed by atoms with Crippen molar-refractivity contribution in [2.24, 2.45) is 0 Å². The molecule has 3 rings (SSSR count). The summed E-state index contributed by atoms with van der Waals surface area (Å²) in [6, 6.07) is 14.1. The zero-order valence-electron chi connectivity index (χ0n) is 10.8. The van der Waals surface area contributed by atoms with Gasteiger partial charge in [0.1, 0.15) is 0 Å². The van der Waals surface area contributed by atoms with E-state index in [1.807, 2.05) is 25.1 Å². The van der Waals surface area contributed by atoms with Gasteiger partial charge in [-0.2, -0.15) is 0 Å². The van der Waals surface area contributed by atoms with Gasteiger partial charge in [0, 0.05) is 10.9 Å². The van der Waals surface area contributed by atoms with Gasteiger partial charge in [-0.05, 0) is 30.7 Å². The first-order valence-corrected chi connectivity index (χ1v) is 6.11. The largest absolute Gasteiger partial charge is 0.739 e. The number of para-hydroxylation sites is 1. The highest BCUT2D eigenvalue weighted by Crippen LogP contribution is 2.13. The van der Waals surface area contributed by atoms with Crippen molar-refractivity contribution in [1.82, 2.24) is 5.10 Å². The highest BCUT2D eigenvalue weighted by molar-refractivity contribution is 5.69. The molecular weight excluding hydrogens is 256 g/mol. The zero-order valence-corrected chi connectivity index (χ0v) is 10.8. The van der Waals surface area contributed by atoms with Crippen LogP contribution < -0.4 is 14.9 Å². The summed E-state index contributed by atoms with van der Waals surface area (Å²) in [7, 11) is 0. The molecule has 0 aliphatic rings. The van der Waals surface area contributed by atoms with Gasteiger partial charge in [0.05, 0.1) is 5.69 Å². The fourth-order valence-electron chi connectivity index (χ4n) is 1.98. The number of benzene rings is 2. The Morgan fingerprint density at radius 2 is 1.75 bits per heavy atom. The Hall–Kier alpha value is -2.89. The van der Waals surface area contributed by atoms with E-state index in [9.17, 15) is 10.4 Å². The Balaban J connectivity index is 2.13. The number of fused-ring (bicyclic) bond motifs is 1. The van der Waals surface area contributed by atoms with Gasteiger partial charge in [0.25, 0.3) is 5.52 Å². The number of hydrogen-bond acceptors (Lipinski definition) is 4. The maximum absolute atomic E-state index is 12.2. The van der Waals surface area contributed by atoms with E-state index in [-0.39, 0.29) is 17.0 Å². The lowest BCUT2D eigenvalue weighted by molar-refractivity contribution is -0.672. The summed E-state index contributed by atoms with van der Waals surface area (Å²) < 4.78 is 0.621. The van der Waals surface area contributed by atoms with Crippen LogP contribution in [0, 0.1) is 17.3 Å².